The van der Waals surface area contributed by atoms with Crippen LogP contribution in [0.5, 0.6) is 0 Å². The van der Waals surface area contributed by atoms with Crippen molar-refractivity contribution in [3.8, 4) is 0 Å². The van der Waals surface area contributed by atoms with Crippen molar-refractivity contribution in [1.82, 2.24) is 19.7 Å². The van der Waals surface area contributed by atoms with Gasteiger partial charge in [0, 0.05) is 17.1 Å². The highest BCUT2D eigenvalue weighted by atomic mass is 32.2. The largest absolute Gasteiger partial charge is 0.434 e. The zero-order valence-electron chi connectivity index (χ0n) is 14.1. The Bertz CT molecular complexity index is 1090. The van der Waals surface area contributed by atoms with Crippen LogP contribution >= 0.6 is 11.3 Å². The van der Waals surface area contributed by atoms with Crippen molar-refractivity contribution in [2.45, 2.75) is 11.1 Å². The van der Waals surface area contributed by atoms with Crippen LogP contribution in [0.1, 0.15) is 5.69 Å². The number of hydrogen-bond donors (Lipinski definition) is 3. The third kappa shape index (κ3) is 4.74. The van der Waals surface area contributed by atoms with E-state index in [1.165, 1.54) is 31.6 Å². The zero-order valence-corrected chi connectivity index (χ0v) is 15.8. The Hall–Kier alpha value is -2.77. The summed E-state index contributed by atoms with van der Waals surface area (Å²) in [5.41, 5.74) is -0.537. The van der Waals surface area contributed by atoms with E-state index in [-0.39, 0.29) is 15.8 Å². The maximum Gasteiger partial charge on any atom is 0.434 e. The Labute approximate surface area is 161 Å². The highest BCUT2D eigenvalue weighted by molar-refractivity contribution is 7.89. The Morgan fingerprint density at radius 2 is 1.79 bits per heavy atom. The summed E-state index contributed by atoms with van der Waals surface area (Å²) in [5, 5.41) is 6.52. The first-order chi connectivity index (χ1) is 13.2. The highest BCUT2D eigenvalue weighted by Gasteiger charge is 2.33. The molecular formula is C15H13F3N6O2S2. The second-order valence-corrected chi connectivity index (χ2v) is 8.05. The Morgan fingerprint density at radius 3 is 2.43 bits per heavy atom. The van der Waals surface area contributed by atoms with Gasteiger partial charge in [0.25, 0.3) is 0 Å². The van der Waals surface area contributed by atoms with Crippen LogP contribution in [-0.4, -0.2) is 30.4 Å². The molecule has 2 aromatic heterocycles. The summed E-state index contributed by atoms with van der Waals surface area (Å²) in [7, 11) is -2.30. The summed E-state index contributed by atoms with van der Waals surface area (Å²) in [5.74, 6) is 0.531. The third-order valence-corrected chi connectivity index (χ3v) is 5.55. The SMILES string of the molecule is CNS(=O)(=O)c1cccc(Nc2cc(Nc3nc(C(F)(F)F)cs3)ncn2)c1. The lowest BCUT2D eigenvalue weighted by molar-refractivity contribution is -0.140. The Kier molecular flexibility index (Phi) is 5.49. The summed E-state index contributed by atoms with van der Waals surface area (Å²) >= 11 is 0.792. The minimum atomic E-state index is -4.52. The number of hydrogen-bond acceptors (Lipinski definition) is 8. The van der Waals surface area contributed by atoms with E-state index in [1.54, 1.807) is 12.1 Å². The average Bonchev–Trinajstić information content (AvgIpc) is 3.11. The first kappa shape index (κ1) is 20.0. The van der Waals surface area contributed by atoms with Gasteiger partial charge in [0.1, 0.15) is 18.0 Å². The van der Waals surface area contributed by atoms with Gasteiger partial charge in [0.05, 0.1) is 4.90 Å². The molecule has 0 saturated heterocycles. The van der Waals surface area contributed by atoms with E-state index in [0.29, 0.717) is 11.5 Å². The first-order valence-corrected chi connectivity index (χ1v) is 9.96. The van der Waals surface area contributed by atoms with Crippen LogP contribution in [0, 0.1) is 0 Å². The fraction of sp³-hybridized carbons (Fsp3) is 0.133. The van der Waals surface area contributed by atoms with Crippen LogP contribution in [0.2, 0.25) is 0 Å². The minimum absolute atomic E-state index is 0.0269. The summed E-state index contributed by atoms with van der Waals surface area (Å²) in [4.78, 5) is 11.5. The number of nitrogens with zero attached hydrogens (tertiary/aromatic N) is 3. The summed E-state index contributed by atoms with van der Waals surface area (Å²) < 4.78 is 63.8. The molecule has 0 aliphatic heterocycles. The lowest BCUT2D eigenvalue weighted by atomic mass is 10.3. The highest BCUT2D eigenvalue weighted by Crippen LogP contribution is 2.32. The molecule has 8 nitrogen and oxygen atoms in total. The average molecular weight is 430 g/mol. The molecule has 28 heavy (non-hydrogen) atoms. The van der Waals surface area contributed by atoms with Gasteiger partial charge in [-0.2, -0.15) is 13.2 Å². The maximum absolute atomic E-state index is 12.6. The number of alkyl halides is 3. The summed E-state index contributed by atoms with van der Waals surface area (Å²) in [6.45, 7) is 0. The van der Waals surface area contributed by atoms with Gasteiger partial charge >= 0.3 is 6.18 Å². The maximum atomic E-state index is 12.6. The number of sulfonamides is 1. The number of benzene rings is 1. The van der Waals surface area contributed by atoms with Gasteiger partial charge in [-0.15, -0.1) is 11.3 Å². The molecule has 0 spiro atoms. The number of nitrogens with one attached hydrogen (secondary N) is 3. The van der Waals surface area contributed by atoms with Crippen LogP contribution < -0.4 is 15.4 Å². The Balaban J connectivity index is 1.77. The smallest absolute Gasteiger partial charge is 0.340 e. The molecule has 0 bridgehead atoms. The van der Waals surface area contributed by atoms with Gasteiger partial charge in [-0.05, 0) is 25.2 Å². The van der Waals surface area contributed by atoms with Crippen molar-refractivity contribution >= 4 is 43.8 Å². The number of rotatable bonds is 6. The summed E-state index contributed by atoms with van der Waals surface area (Å²) in [6.07, 6.45) is -3.31. The zero-order chi connectivity index (χ0) is 20.4. The quantitative estimate of drug-likeness (QED) is 0.550. The fourth-order valence-corrected chi connectivity index (χ4v) is 3.57. The second kappa shape index (κ2) is 7.69. The van der Waals surface area contributed by atoms with E-state index in [0.717, 1.165) is 16.7 Å². The predicted molar refractivity (Wildman–Crippen MR) is 98.4 cm³/mol. The lowest BCUT2D eigenvalue weighted by Crippen LogP contribution is -2.18. The molecule has 0 aliphatic rings. The predicted octanol–water partition coefficient (Wildman–Crippen LogP) is 3.35. The van der Waals surface area contributed by atoms with Gasteiger partial charge in [-0.3, -0.25) is 0 Å². The van der Waals surface area contributed by atoms with Crippen molar-refractivity contribution < 1.29 is 21.6 Å². The van der Waals surface area contributed by atoms with Crippen LogP contribution in [0.4, 0.5) is 35.6 Å². The van der Waals surface area contributed by atoms with Gasteiger partial charge < -0.3 is 10.6 Å². The number of aromatic nitrogens is 3. The lowest BCUT2D eigenvalue weighted by Gasteiger charge is -2.09. The fourth-order valence-electron chi connectivity index (χ4n) is 2.07. The number of thiazole rings is 1. The van der Waals surface area contributed by atoms with E-state index in [2.05, 4.69) is 30.3 Å². The molecule has 3 N–H and O–H groups in total. The summed E-state index contributed by atoms with van der Waals surface area (Å²) in [6, 6.07) is 7.50. The molecule has 3 aromatic rings. The van der Waals surface area contributed by atoms with Crippen LogP contribution in [0.3, 0.4) is 0 Å². The van der Waals surface area contributed by atoms with Crippen molar-refractivity contribution in [2.24, 2.45) is 0 Å². The molecule has 0 aliphatic carbocycles. The topological polar surface area (TPSA) is 109 Å². The first-order valence-electron chi connectivity index (χ1n) is 7.60. The van der Waals surface area contributed by atoms with Crippen molar-refractivity contribution in [1.29, 1.82) is 0 Å². The monoisotopic (exact) mass is 430 g/mol. The minimum Gasteiger partial charge on any atom is -0.340 e. The number of anilines is 4. The molecule has 3 rings (SSSR count). The van der Waals surface area contributed by atoms with Crippen molar-refractivity contribution in [3.05, 3.63) is 47.7 Å². The molecule has 0 radical (unpaired) electrons. The molecule has 148 valence electrons. The molecule has 0 unspecified atom stereocenters. The van der Waals surface area contributed by atoms with Gasteiger partial charge in [-0.25, -0.2) is 28.1 Å². The van der Waals surface area contributed by atoms with E-state index in [1.807, 2.05) is 0 Å². The molecule has 1 aromatic carbocycles. The molecule has 2 heterocycles. The van der Waals surface area contributed by atoms with Crippen LogP contribution in [-0.2, 0) is 16.2 Å². The van der Waals surface area contributed by atoms with Crippen LogP contribution in [0.25, 0.3) is 0 Å². The molecule has 13 heteroatoms. The number of halogens is 3. The normalized spacial score (nSPS) is 12.0. The molecule has 0 amide bonds. The van der Waals surface area contributed by atoms with E-state index in [4.69, 9.17) is 0 Å². The third-order valence-electron chi connectivity index (χ3n) is 3.38. The molecular weight excluding hydrogens is 417 g/mol. The van der Waals surface area contributed by atoms with E-state index in [9.17, 15) is 21.6 Å². The van der Waals surface area contributed by atoms with Gasteiger partial charge in [0.2, 0.25) is 10.0 Å². The van der Waals surface area contributed by atoms with E-state index < -0.39 is 21.9 Å². The van der Waals surface area contributed by atoms with Crippen molar-refractivity contribution in [2.75, 3.05) is 17.7 Å². The molecule has 0 fully saturated rings. The van der Waals surface area contributed by atoms with E-state index >= 15 is 0 Å². The van der Waals surface area contributed by atoms with Gasteiger partial charge in [0.15, 0.2) is 10.8 Å². The molecule has 0 saturated carbocycles. The Morgan fingerprint density at radius 1 is 1.07 bits per heavy atom. The van der Waals surface area contributed by atoms with Gasteiger partial charge in [-0.1, -0.05) is 6.07 Å². The van der Waals surface area contributed by atoms with Crippen molar-refractivity contribution in [3.63, 3.8) is 0 Å². The molecule has 0 atom stereocenters. The van der Waals surface area contributed by atoms with Crippen LogP contribution in [0.15, 0.2) is 46.9 Å². The second-order valence-electron chi connectivity index (χ2n) is 5.31. The standard InChI is InChI=1S/C15H13F3N6O2S2/c1-19-28(25,26)10-4-2-3-9(5-10)22-12-6-13(21-8-20-12)24-14-23-11(7-27-14)15(16,17)18/h2-8,19H,1H3,(H2,20,21,22,23,24).